The average Bonchev–Trinajstić information content (AvgIpc) is 2.32. The predicted octanol–water partition coefficient (Wildman–Crippen LogP) is 1.60. The van der Waals surface area contributed by atoms with Crippen molar-refractivity contribution in [1.29, 1.82) is 0 Å². The maximum Gasteiger partial charge on any atom is 0.306 e. The molecule has 0 saturated heterocycles. The summed E-state index contributed by atoms with van der Waals surface area (Å²) in [5.41, 5.74) is 0. The maximum atomic E-state index is 10.7. The molecule has 1 aromatic heterocycles. The summed E-state index contributed by atoms with van der Waals surface area (Å²) >= 11 is 0. The first-order valence-corrected chi connectivity index (χ1v) is 6.51. The minimum atomic E-state index is -0.707. The summed E-state index contributed by atoms with van der Waals surface area (Å²) in [6.45, 7) is 4.19. The number of carbonyl (C=O) groups is 1. The van der Waals surface area contributed by atoms with E-state index in [9.17, 15) is 4.79 Å². The van der Waals surface area contributed by atoms with Gasteiger partial charge in [-0.25, -0.2) is 9.97 Å². The summed E-state index contributed by atoms with van der Waals surface area (Å²) in [5.74, 6) is 0.700. The van der Waals surface area contributed by atoms with Gasteiger partial charge in [-0.1, -0.05) is 0 Å². The van der Waals surface area contributed by atoms with E-state index in [0.717, 1.165) is 11.6 Å². The van der Waals surface area contributed by atoms with Crippen LogP contribution in [-0.2, 0) is 4.79 Å². The molecule has 0 aromatic carbocycles. The lowest BCUT2D eigenvalue weighted by atomic mass is 9.80. The van der Waals surface area contributed by atoms with E-state index < -0.39 is 5.97 Å². The van der Waals surface area contributed by atoms with Crippen LogP contribution in [0.4, 0.5) is 11.6 Å². The highest BCUT2D eigenvalue weighted by molar-refractivity contribution is 5.71. The molecule has 19 heavy (non-hydrogen) atoms. The van der Waals surface area contributed by atoms with Crippen LogP contribution in [0.1, 0.15) is 26.7 Å². The first-order chi connectivity index (χ1) is 8.97. The van der Waals surface area contributed by atoms with Crippen LogP contribution in [-0.4, -0.2) is 40.2 Å². The Morgan fingerprint density at radius 3 is 2.74 bits per heavy atom. The molecule has 1 aliphatic rings. The Morgan fingerprint density at radius 2 is 2.16 bits per heavy atom. The lowest BCUT2D eigenvalue weighted by Gasteiger charge is -2.33. The second kappa shape index (κ2) is 5.42. The predicted molar refractivity (Wildman–Crippen MR) is 73.3 cm³/mol. The number of hydrogen-bond donors (Lipinski definition) is 2. The zero-order valence-electron chi connectivity index (χ0n) is 11.5. The van der Waals surface area contributed by atoms with Gasteiger partial charge in [0.1, 0.15) is 18.0 Å². The SMILES string of the molecule is CC(C)N(C)c1cc(NC2CC(C(=O)O)C2)ncn1. The van der Waals surface area contributed by atoms with Crippen molar-refractivity contribution in [1.82, 2.24) is 9.97 Å². The van der Waals surface area contributed by atoms with Crippen LogP contribution < -0.4 is 10.2 Å². The van der Waals surface area contributed by atoms with Crippen LogP contribution in [0.25, 0.3) is 0 Å². The Bertz CT molecular complexity index is 458. The van der Waals surface area contributed by atoms with Crippen molar-refractivity contribution in [3.63, 3.8) is 0 Å². The molecule has 1 heterocycles. The fourth-order valence-corrected chi connectivity index (χ4v) is 2.03. The van der Waals surface area contributed by atoms with Crippen molar-refractivity contribution >= 4 is 17.6 Å². The molecule has 2 rings (SSSR count). The second-order valence-electron chi connectivity index (χ2n) is 5.31. The fraction of sp³-hybridized carbons (Fsp3) is 0.615. The Labute approximate surface area is 112 Å². The molecule has 104 valence electrons. The van der Waals surface area contributed by atoms with Crippen molar-refractivity contribution in [2.75, 3.05) is 17.3 Å². The molecular weight excluding hydrogens is 244 g/mol. The number of aromatic nitrogens is 2. The molecule has 1 aromatic rings. The van der Waals surface area contributed by atoms with Gasteiger partial charge in [0.15, 0.2) is 0 Å². The standard InChI is InChI=1S/C13H20N4O2/c1-8(2)17(3)12-6-11(14-7-15-12)16-10-4-9(5-10)13(18)19/h6-10H,4-5H2,1-3H3,(H,18,19)(H,14,15,16). The quantitative estimate of drug-likeness (QED) is 0.841. The van der Waals surface area contributed by atoms with Gasteiger partial charge in [-0.05, 0) is 26.7 Å². The van der Waals surface area contributed by atoms with E-state index in [2.05, 4.69) is 34.0 Å². The minimum Gasteiger partial charge on any atom is -0.481 e. The monoisotopic (exact) mass is 264 g/mol. The molecule has 6 heteroatoms. The van der Waals surface area contributed by atoms with Crippen LogP contribution in [0.2, 0.25) is 0 Å². The fourth-order valence-electron chi connectivity index (χ4n) is 2.03. The van der Waals surface area contributed by atoms with Gasteiger partial charge >= 0.3 is 5.97 Å². The van der Waals surface area contributed by atoms with Crippen LogP contribution in [0.3, 0.4) is 0 Å². The number of anilines is 2. The summed E-state index contributed by atoms with van der Waals surface area (Å²) in [5, 5.41) is 12.1. The maximum absolute atomic E-state index is 10.7. The van der Waals surface area contributed by atoms with Crippen molar-refractivity contribution in [2.45, 2.75) is 38.8 Å². The van der Waals surface area contributed by atoms with E-state index in [-0.39, 0.29) is 12.0 Å². The van der Waals surface area contributed by atoms with E-state index in [1.54, 1.807) is 0 Å². The lowest BCUT2D eigenvalue weighted by molar-refractivity contribution is -0.144. The Hall–Kier alpha value is -1.85. The van der Waals surface area contributed by atoms with Gasteiger partial charge in [0.2, 0.25) is 0 Å². The van der Waals surface area contributed by atoms with Gasteiger partial charge in [-0.15, -0.1) is 0 Å². The van der Waals surface area contributed by atoms with E-state index in [0.29, 0.717) is 18.9 Å². The van der Waals surface area contributed by atoms with Crippen LogP contribution in [0.5, 0.6) is 0 Å². The molecule has 0 amide bonds. The largest absolute Gasteiger partial charge is 0.481 e. The average molecular weight is 264 g/mol. The normalized spacial score (nSPS) is 21.9. The van der Waals surface area contributed by atoms with Crippen molar-refractivity contribution in [2.24, 2.45) is 5.92 Å². The van der Waals surface area contributed by atoms with Gasteiger partial charge in [0.25, 0.3) is 0 Å². The van der Waals surface area contributed by atoms with Crippen LogP contribution in [0.15, 0.2) is 12.4 Å². The molecule has 0 bridgehead atoms. The van der Waals surface area contributed by atoms with Crippen molar-refractivity contribution < 1.29 is 9.90 Å². The third-order valence-electron chi connectivity index (χ3n) is 3.63. The number of rotatable bonds is 5. The lowest BCUT2D eigenvalue weighted by Crippen LogP contribution is -2.39. The smallest absolute Gasteiger partial charge is 0.306 e. The molecular formula is C13H20N4O2. The number of hydrogen-bond acceptors (Lipinski definition) is 5. The molecule has 0 radical (unpaired) electrons. The molecule has 6 nitrogen and oxygen atoms in total. The molecule has 1 aliphatic carbocycles. The number of carboxylic acids is 1. The summed E-state index contributed by atoms with van der Waals surface area (Å²) < 4.78 is 0. The van der Waals surface area contributed by atoms with Gasteiger partial charge in [-0.3, -0.25) is 4.79 Å². The van der Waals surface area contributed by atoms with E-state index in [4.69, 9.17) is 5.11 Å². The zero-order valence-corrected chi connectivity index (χ0v) is 11.5. The number of nitrogens with zero attached hydrogens (tertiary/aromatic N) is 3. The van der Waals surface area contributed by atoms with Crippen LogP contribution >= 0.6 is 0 Å². The molecule has 1 saturated carbocycles. The minimum absolute atomic E-state index is 0.202. The van der Waals surface area contributed by atoms with Gasteiger partial charge in [-0.2, -0.15) is 0 Å². The van der Waals surface area contributed by atoms with Gasteiger partial charge in [0.05, 0.1) is 5.92 Å². The zero-order chi connectivity index (χ0) is 14.0. The third kappa shape index (κ3) is 3.13. The summed E-state index contributed by atoms with van der Waals surface area (Å²) in [6, 6.07) is 2.46. The summed E-state index contributed by atoms with van der Waals surface area (Å²) in [4.78, 5) is 21.2. The summed E-state index contributed by atoms with van der Waals surface area (Å²) in [6.07, 6.45) is 2.85. The number of aliphatic carboxylic acids is 1. The van der Waals surface area contributed by atoms with Crippen LogP contribution in [0, 0.1) is 5.92 Å². The highest BCUT2D eigenvalue weighted by Crippen LogP contribution is 2.30. The number of nitrogens with one attached hydrogen (secondary N) is 1. The molecule has 0 spiro atoms. The Morgan fingerprint density at radius 1 is 1.47 bits per heavy atom. The van der Waals surface area contributed by atoms with Crippen molar-refractivity contribution in [3.8, 4) is 0 Å². The highest BCUT2D eigenvalue weighted by Gasteiger charge is 2.34. The molecule has 0 aliphatic heterocycles. The molecule has 0 unspecified atom stereocenters. The highest BCUT2D eigenvalue weighted by atomic mass is 16.4. The third-order valence-corrected chi connectivity index (χ3v) is 3.63. The number of carboxylic acid groups (broad SMARTS) is 1. The second-order valence-corrected chi connectivity index (χ2v) is 5.31. The molecule has 1 fully saturated rings. The molecule has 2 N–H and O–H groups in total. The van der Waals surface area contributed by atoms with E-state index in [1.807, 2.05) is 13.1 Å². The van der Waals surface area contributed by atoms with Gasteiger partial charge in [0, 0.05) is 25.2 Å². The topological polar surface area (TPSA) is 78.4 Å². The van der Waals surface area contributed by atoms with Gasteiger partial charge < -0.3 is 15.3 Å². The molecule has 0 atom stereocenters. The summed E-state index contributed by atoms with van der Waals surface area (Å²) in [7, 11) is 1.99. The first kappa shape index (κ1) is 13.6. The Kier molecular flexibility index (Phi) is 3.87. The van der Waals surface area contributed by atoms with E-state index >= 15 is 0 Å². The van der Waals surface area contributed by atoms with Crippen molar-refractivity contribution in [3.05, 3.63) is 12.4 Å². The first-order valence-electron chi connectivity index (χ1n) is 6.51. The Balaban J connectivity index is 1.95. The van der Waals surface area contributed by atoms with E-state index in [1.165, 1.54) is 6.33 Å².